The van der Waals surface area contributed by atoms with E-state index in [1.165, 1.54) is 0 Å². The van der Waals surface area contributed by atoms with Gasteiger partial charge in [0, 0.05) is 24.4 Å². The average Bonchev–Trinajstić information content (AvgIpc) is 2.36. The van der Waals surface area contributed by atoms with Crippen LogP contribution < -0.4 is 15.8 Å². The number of benzene rings is 1. The Labute approximate surface area is 120 Å². The van der Waals surface area contributed by atoms with E-state index in [0.29, 0.717) is 23.4 Å². The molecule has 5 nitrogen and oxygen atoms in total. The van der Waals surface area contributed by atoms with Crippen LogP contribution in [0.15, 0.2) is 18.2 Å². The molecule has 1 rings (SSSR count). The number of rotatable bonds is 5. The van der Waals surface area contributed by atoms with Gasteiger partial charge < -0.3 is 20.9 Å². The Kier molecular flexibility index (Phi) is 5.39. The van der Waals surface area contributed by atoms with Gasteiger partial charge in [-0.05, 0) is 24.0 Å². The van der Waals surface area contributed by atoms with Gasteiger partial charge in [-0.3, -0.25) is 4.79 Å². The van der Waals surface area contributed by atoms with Crippen LogP contribution in [0.5, 0.6) is 5.75 Å². The van der Waals surface area contributed by atoms with Crippen LogP contribution in [-0.4, -0.2) is 30.8 Å². The first kappa shape index (κ1) is 16.3. The number of ether oxygens (including phenoxy) is 1. The Bertz CT molecular complexity index is 467. The van der Waals surface area contributed by atoms with Crippen molar-refractivity contribution < 1.29 is 14.6 Å². The lowest BCUT2D eigenvalue weighted by Crippen LogP contribution is -2.44. The Balaban J connectivity index is 2.89. The van der Waals surface area contributed by atoms with Gasteiger partial charge in [-0.15, -0.1) is 0 Å². The fraction of sp³-hybridized carbons (Fsp3) is 0.533. The molecule has 0 aliphatic rings. The Hall–Kier alpha value is -1.75. The van der Waals surface area contributed by atoms with Crippen molar-refractivity contribution in [3.63, 3.8) is 0 Å². The van der Waals surface area contributed by atoms with E-state index < -0.39 is 0 Å². The van der Waals surface area contributed by atoms with Crippen molar-refractivity contribution >= 4 is 11.6 Å². The summed E-state index contributed by atoms with van der Waals surface area (Å²) in [4.78, 5) is 12.3. The van der Waals surface area contributed by atoms with Gasteiger partial charge in [-0.2, -0.15) is 0 Å². The van der Waals surface area contributed by atoms with E-state index in [1.54, 1.807) is 25.3 Å². The third kappa shape index (κ3) is 4.13. The summed E-state index contributed by atoms with van der Waals surface area (Å²) in [5, 5.41) is 12.0. The minimum atomic E-state index is -0.237. The highest BCUT2D eigenvalue weighted by Gasteiger charge is 2.26. The van der Waals surface area contributed by atoms with Gasteiger partial charge in [-0.1, -0.05) is 20.8 Å². The van der Waals surface area contributed by atoms with Gasteiger partial charge in [0.1, 0.15) is 5.75 Å². The molecular weight excluding hydrogens is 256 g/mol. The highest BCUT2D eigenvalue weighted by atomic mass is 16.5. The summed E-state index contributed by atoms with van der Waals surface area (Å²) < 4.78 is 5.06. The Morgan fingerprint density at radius 1 is 1.45 bits per heavy atom. The van der Waals surface area contributed by atoms with Gasteiger partial charge in [-0.25, -0.2) is 0 Å². The van der Waals surface area contributed by atoms with Crippen molar-refractivity contribution in [3.05, 3.63) is 23.8 Å². The minimum absolute atomic E-state index is 0.0281. The first-order valence-corrected chi connectivity index (χ1v) is 6.65. The number of nitrogens with two attached hydrogens (primary N) is 1. The predicted molar refractivity (Wildman–Crippen MR) is 79.8 cm³/mol. The molecule has 1 atom stereocenters. The van der Waals surface area contributed by atoms with Crippen LogP contribution >= 0.6 is 0 Å². The molecule has 0 aliphatic carbocycles. The lowest BCUT2D eigenvalue weighted by Gasteiger charge is -2.31. The van der Waals surface area contributed by atoms with E-state index in [2.05, 4.69) is 5.32 Å². The maximum Gasteiger partial charge on any atom is 0.253 e. The molecule has 0 bridgehead atoms. The van der Waals surface area contributed by atoms with Crippen LogP contribution in [0, 0.1) is 5.41 Å². The summed E-state index contributed by atoms with van der Waals surface area (Å²) in [5.74, 6) is 0.375. The van der Waals surface area contributed by atoms with Crippen LogP contribution in [0.1, 0.15) is 37.6 Å². The minimum Gasteiger partial charge on any atom is -0.497 e. The molecule has 0 fully saturated rings. The normalized spacial score (nSPS) is 12.8. The average molecular weight is 280 g/mol. The molecule has 0 aliphatic heterocycles. The molecule has 0 saturated carbocycles. The number of aliphatic hydroxyl groups is 1. The molecule has 1 unspecified atom stereocenters. The van der Waals surface area contributed by atoms with Crippen molar-refractivity contribution in [3.8, 4) is 5.75 Å². The van der Waals surface area contributed by atoms with Crippen molar-refractivity contribution in [2.75, 3.05) is 19.5 Å². The Morgan fingerprint density at radius 3 is 2.55 bits per heavy atom. The molecule has 1 amide bonds. The van der Waals surface area contributed by atoms with Crippen molar-refractivity contribution in [1.29, 1.82) is 0 Å². The Morgan fingerprint density at radius 2 is 2.10 bits per heavy atom. The van der Waals surface area contributed by atoms with Crippen molar-refractivity contribution in [1.82, 2.24) is 5.32 Å². The van der Waals surface area contributed by atoms with E-state index in [9.17, 15) is 4.79 Å². The quantitative estimate of drug-likeness (QED) is 0.718. The maximum atomic E-state index is 12.3. The first-order valence-electron chi connectivity index (χ1n) is 6.65. The van der Waals surface area contributed by atoms with Crippen molar-refractivity contribution in [2.45, 2.75) is 33.2 Å². The second kappa shape index (κ2) is 6.61. The highest BCUT2D eigenvalue weighted by molar-refractivity contribution is 5.99. The van der Waals surface area contributed by atoms with Crippen LogP contribution in [-0.2, 0) is 0 Å². The van der Waals surface area contributed by atoms with Crippen LogP contribution in [0.2, 0.25) is 0 Å². The molecule has 0 radical (unpaired) electrons. The van der Waals surface area contributed by atoms with Gasteiger partial charge in [0.05, 0.1) is 12.7 Å². The number of anilines is 1. The molecule has 20 heavy (non-hydrogen) atoms. The summed E-state index contributed by atoms with van der Waals surface area (Å²) in [6.07, 6.45) is 0.505. The zero-order chi connectivity index (χ0) is 15.3. The molecule has 0 aromatic heterocycles. The highest BCUT2D eigenvalue weighted by Crippen LogP contribution is 2.24. The number of hydrogen-bond acceptors (Lipinski definition) is 4. The standard InChI is InChI=1S/C15H24N2O3/c1-15(2,3)13(7-8-18)17-14(19)11-6-5-10(20-4)9-12(11)16/h5-6,9,13,18H,7-8,16H2,1-4H3,(H,17,19). The summed E-state index contributed by atoms with van der Waals surface area (Å²) in [5.41, 5.74) is 6.52. The number of nitrogen functional groups attached to an aromatic ring is 1. The number of carbonyl (C=O) groups is 1. The number of nitrogens with one attached hydrogen (secondary N) is 1. The second-order valence-electron chi connectivity index (χ2n) is 5.86. The van der Waals surface area contributed by atoms with E-state index >= 15 is 0 Å². The second-order valence-corrected chi connectivity index (χ2v) is 5.86. The topological polar surface area (TPSA) is 84.6 Å². The fourth-order valence-electron chi connectivity index (χ4n) is 1.96. The zero-order valence-corrected chi connectivity index (χ0v) is 12.6. The molecular formula is C15H24N2O3. The first-order chi connectivity index (χ1) is 9.29. The molecule has 112 valence electrons. The van der Waals surface area contributed by atoms with Gasteiger partial charge in [0.2, 0.25) is 0 Å². The maximum absolute atomic E-state index is 12.3. The number of hydrogen-bond donors (Lipinski definition) is 3. The lowest BCUT2D eigenvalue weighted by atomic mass is 9.84. The number of aliphatic hydroxyl groups excluding tert-OH is 1. The van der Waals surface area contributed by atoms with Crippen LogP contribution in [0.3, 0.4) is 0 Å². The molecule has 4 N–H and O–H groups in total. The summed E-state index contributed by atoms with van der Waals surface area (Å²) in [6, 6.07) is 4.83. The smallest absolute Gasteiger partial charge is 0.253 e. The lowest BCUT2D eigenvalue weighted by molar-refractivity contribution is 0.0886. The van der Waals surface area contributed by atoms with E-state index in [1.807, 2.05) is 20.8 Å². The molecule has 0 saturated heterocycles. The van der Waals surface area contributed by atoms with Gasteiger partial charge in [0.15, 0.2) is 0 Å². The third-order valence-electron chi connectivity index (χ3n) is 3.27. The van der Waals surface area contributed by atoms with Gasteiger partial charge in [0.25, 0.3) is 5.91 Å². The van der Waals surface area contributed by atoms with E-state index in [-0.39, 0.29) is 24.0 Å². The largest absolute Gasteiger partial charge is 0.497 e. The SMILES string of the molecule is COc1ccc(C(=O)NC(CCO)C(C)(C)C)c(N)c1. The summed E-state index contributed by atoms with van der Waals surface area (Å²) >= 11 is 0. The predicted octanol–water partition coefficient (Wildman–Crippen LogP) is 1.80. The van der Waals surface area contributed by atoms with Gasteiger partial charge >= 0.3 is 0 Å². The summed E-state index contributed by atoms with van der Waals surface area (Å²) in [6.45, 7) is 6.08. The third-order valence-corrected chi connectivity index (χ3v) is 3.27. The molecule has 5 heteroatoms. The van der Waals surface area contributed by atoms with E-state index in [4.69, 9.17) is 15.6 Å². The van der Waals surface area contributed by atoms with E-state index in [0.717, 1.165) is 0 Å². The molecule has 1 aromatic carbocycles. The monoisotopic (exact) mass is 280 g/mol. The molecule has 1 aromatic rings. The van der Waals surface area contributed by atoms with Crippen LogP contribution in [0.25, 0.3) is 0 Å². The number of amides is 1. The van der Waals surface area contributed by atoms with Crippen LogP contribution in [0.4, 0.5) is 5.69 Å². The zero-order valence-electron chi connectivity index (χ0n) is 12.6. The number of carbonyl (C=O) groups excluding carboxylic acids is 1. The fourth-order valence-corrected chi connectivity index (χ4v) is 1.96. The molecule has 0 spiro atoms. The van der Waals surface area contributed by atoms with Crippen molar-refractivity contribution in [2.24, 2.45) is 5.41 Å². The number of methoxy groups -OCH3 is 1. The summed E-state index contributed by atoms with van der Waals surface area (Å²) in [7, 11) is 1.55. The molecule has 0 heterocycles.